The molecular formula is C24H38O4Si. The maximum absolute atomic E-state index is 6.57. The topological polar surface area (TPSA) is 36.9 Å². The van der Waals surface area contributed by atoms with E-state index in [1.54, 1.807) is 0 Å². The zero-order valence-corrected chi connectivity index (χ0v) is 19.8. The third-order valence-corrected chi connectivity index (χ3v) is 7.32. The van der Waals surface area contributed by atoms with Crippen molar-refractivity contribution < 1.29 is 18.0 Å². The number of ether oxygens (including phenoxy) is 1. The second kappa shape index (κ2) is 12.5. The standard InChI is InChI=1S/C24H38O4Si/c1-6-16-26-29(27-17-7-2,28-24(8-3)25-18-20(4)5)19-22-14-11-13-21-12-9-10-15-23(21)22/h9-15,20,24H,6-8,16-19H2,1-5H3. The Hall–Kier alpha value is -1.24. The zero-order chi connectivity index (χ0) is 21.1. The van der Waals surface area contributed by atoms with Crippen LogP contribution in [0.15, 0.2) is 42.5 Å². The van der Waals surface area contributed by atoms with Crippen LogP contribution in [-0.4, -0.2) is 34.9 Å². The van der Waals surface area contributed by atoms with Gasteiger partial charge in [0.1, 0.15) is 0 Å². The molecule has 0 aliphatic rings. The van der Waals surface area contributed by atoms with Crippen LogP contribution in [-0.2, 0) is 24.1 Å². The number of hydrogen-bond donors (Lipinski definition) is 0. The Bertz CT molecular complexity index is 706. The summed E-state index contributed by atoms with van der Waals surface area (Å²) in [6, 6.07) is 15.5. The minimum absolute atomic E-state index is 0.312. The van der Waals surface area contributed by atoms with E-state index < -0.39 is 8.80 Å². The molecule has 0 N–H and O–H groups in total. The molecule has 0 amide bonds. The highest BCUT2D eigenvalue weighted by Gasteiger charge is 2.44. The molecule has 0 spiro atoms. The lowest BCUT2D eigenvalue weighted by Gasteiger charge is -2.33. The van der Waals surface area contributed by atoms with Gasteiger partial charge in [0.15, 0.2) is 6.29 Å². The number of hydrogen-bond acceptors (Lipinski definition) is 4. The van der Waals surface area contributed by atoms with Gasteiger partial charge in [0, 0.05) is 19.3 Å². The minimum atomic E-state index is -2.98. The molecule has 0 bridgehead atoms. The molecule has 29 heavy (non-hydrogen) atoms. The van der Waals surface area contributed by atoms with Crippen molar-refractivity contribution >= 4 is 19.6 Å². The van der Waals surface area contributed by atoms with E-state index in [0.29, 0.717) is 31.8 Å². The molecule has 5 heteroatoms. The molecule has 0 fully saturated rings. The van der Waals surface area contributed by atoms with Gasteiger partial charge in [0.25, 0.3) is 0 Å². The van der Waals surface area contributed by atoms with Crippen LogP contribution in [0.4, 0.5) is 0 Å². The van der Waals surface area contributed by atoms with E-state index in [-0.39, 0.29) is 6.29 Å². The maximum Gasteiger partial charge on any atom is 0.507 e. The third kappa shape index (κ3) is 7.50. The highest BCUT2D eigenvalue weighted by molar-refractivity contribution is 6.60. The summed E-state index contributed by atoms with van der Waals surface area (Å²) >= 11 is 0. The predicted octanol–water partition coefficient (Wildman–Crippen LogP) is 6.14. The maximum atomic E-state index is 6.57. The highest BCUT2D eigenvalue weighted by atomic mass is 28.4. The van der Waals surface area contributed by atoms with Crippen LogP contribution in [0.3, 0.4) is 0 Å². The predicted molar refractivity (Wildman–Crippen MR) is 122 cm³/mol. The van der Waals surface area contributed by atoms with Crippen LogP contribution in [0.1, 0.15) is 59.4 Å². The van der Waals surface area contributed by atoms with Gasteiger partial charge in [-0.25, -0.2) is 0 Å². The molecule has 1 unspecified atom stereocenters. The summed E-state index contributed by atoms with van der Waals surface area (Å²) in [6.45, 7) is 12.5. The van der Waals surface area contributed by atoms with Crippen molar-refractivity contribution in [1.29, 1.82) is 0 Å². The molecule has 4 nitrogen and oxygen atoms in total. The molecule has 0 aliphatic carbocycles. The number of rotatable bonds is 14. The first-order chi connectivity index (χ1) is 14.0. The van der Waals surface area contributed by atoms with Gasteiger partial charge < -0.3 is 18.0 Å². The fourth-order valence-electron chi connectivity index (χ4n) is 3.18. The third-order valence-electron chi connectivity index (χ3n) is 4.60. The van der Waals surface area contributed by atoms with Crippen molar-refractivity contribution in [3.8, 4) is 0 Å². The summed E-state index contributed by atoms with van der Waals surface area (Å²) in [7, 11) is -2.98. The molecule has 0 radical (unpaired) electrons. The van der Waals surface area contributed by atoms with E-state index in [0.717, 1.165) is 19.3 Å². The Balaban J connectivity index is 2.34. The largest absolute Gasteiger partial charge is 0.507 e. The molecule has 162 valence electrons. The van der Waals surface area contributed by atoms with Crippen molar-refractivity contribution in [1.82, 2.24) is 0 Å². The SMILES string of the molecule is CCCO[Si](Cc1cccc2ccccc12)(OCCC)OC(CC)OCC(C)C. The Labute approximate surface area is 177 Å². The van der Waals surface area contributed by atoms with Crippen LogP contribution < -0.4 is 0 Å². The molecule has 0 saturated heterocycles. The quantitative estimate of drug-likeness (QED) is 0.273. The normalized spacial score (nSPS) is 13.3. The van der Waals surface area contributed by atoms with Crippen LogP contribution in [0.25, 0.3) is 10.8 Å². The summed E-state index contributed by atoms with van der Waals surface area (Å²) in [5.74, 6) is 0.454. The molecule has 0 aromatic heterocycles. The van der Waals surface area contributed by atoms with E-state index in [1.807, 2.05) is 0 Å². The summed E-state index contributed by atoms with van der Waals surface area (Å²) in [5.41, 5.74) is 1.21. The van der Waals surface area contributed by atoms with Gasteiger partial charge in [-0.3, -0.25) is 0 Å². The zero-order valence-electron chi connectivity index (χ0n) is 18.8. The van der Waals surface area contributed by atoms with Crippen molar-refractivity contribution in [3.05, 3.63) is 48.0 Å². The van der Waals surface area contributed by atoms with Crippen molar-refractivity contribution in [2.45, 2.75) is 66.2 Å². The van der Waals surface area contributed by atoms with Gasteiger partial charge in [-0.15, -0.1) is 0 Å². The lowest BCUT2D eigenvalue weighted by Crippen LogP contribution is -2.52. The molecule has 2 aromatic carbocycles. The van der Waals surface area contributed by atoms with Crippen molar-refractivity contribution in [2.75, 3.05) is 19.8 Å². The van der Waals surface area contributed by atoms with E-state index in [1.165, 1.54) is 16.3 Å². The number of fused-ring (bicyclic) bond motifs is 1. The molecule has 2 rings (SSSR count). The van der Waals surface area contributed by atoms with Gasteiger partial charge in [-0.2, -0.15) is 0 Å². The van der Waals surface area contributed by atoms with Crippen molar-refractivity contribution in [3.63, 3.8) is 0 Å². The summed E-state index contributed by atoms with van der Waals surface area (Å²) < 4.78 is 25.4. The smallest absolute Gasteiger partial charge is 0.373 e. The van der Waals surface area contributed by atoms with Gasteiger partial charge >= 0.3 is 8.80 Å². The molecule has 0 saturated carbocycles. The molecular weight excluding hydrogens is 380 g/mol. The fraction of sp³-hybridized carbons (Fsp3) is 0.583. The Morgan fingerprint density at radius 3 is 2.14 bits per heavy atom. The molecule has 1 atom stereocenters. The monoisotopic (exact) mass is 418 g/mol. The minimum Gasteiger partial charge on any atom is -0.373 e. The fourth-order valence-corrected chi connectivity index (χ4v) is 6.13. The molecule has 0 aliphatic heterocycles. The second-order valence-electron chi connectivity index (χ2n) is 7.88. The molecule has 2 aromatic rings. The van der Waals surface area contributed by atoms with Crippen LogP contribution in [0, 0.1) is 5.92 Å². The van der Waals surface area contributed by atoms with E-state index in [2.05, 4.69) is 77.1 Å². The first-order valence-corrected chi connectivity index (χ1v) is 13.0. The summed E-state index contributed by atoms with van der Waals surface area (Å²) in [6.07, 6.45) is 2.30. The van der Waals surface area contributed by atoms with Gasteiger partial charge in [0.05, 0.1) is 6.61 Å². The lowest BCUT2D eigenvalue weighted by molar-refractivity contribution is -0.128. The lowest BCUT2D eigenvalue weighted by atomic mass is 10.1. The van der Waals surface area contributed by atoms with Gasteiger partial charge in [0.2, 0.25) is 0 Å². The Morgan fingerprint density at radius 2 is 1.52 bits per heavy atom. The highest BCUT2D eigenvalue weighted by Crippen LogP contribution is 2.26. The summed E-state index contributed by atoms with van der Waals surface area (Å²) in [5, 5.41) is 2.45. The van der Waals surface area contributed by atoms with Crippen LogP contribution in [0.5, 0.6) is 0 Å². The van der Waals surface area contributed by atoms with Crippen LogP contribution in [0.2, 0.25) is 0 Å². The Kier molecular flexibility index (Phi) is 10.3. The van der Waals surface area contributed by atoms with Crippen molar-refractivity contribution in [2.24, 2.45) is 5.92 Å². The van der Waals surface area contributed by atoms with Gasteiger partial charge in [-0.05, 0) is 41.5 Å². The Morgan fingerprint density at radius 1 is 0.862 bits per heavy atom. The number of benzene rings is 2. The average molecular weight is 419 g/mol. The first-order valence-electron chi connectivity index (χ1n) is 11.1. The summed E-state index contributed by atoms with van der Waals surface area (Å²) in [4.78, 5) is 0. The average Bonchev–Trinajstić information content (AvgIpc) is 2.74. The van der Waals surface area contributed by atoms with Crippen LogP contribution >= 0.6 is 0 Å². The second-order valence-corrected chi connectivity index (χ2v) is 10.4. The van der Waals surface area contributed by atoms with Gasteiger partial charge in [-0.1, -0.05) is 77.1 Å². The van der Waals surface area contributed by atoms with E-state index >= 15 is 0 Å². The van der Waals surface area contributed by atoms with E-state index in [9.17, 15) is 0 Å². The first kappa shape index (κ1) is 24.0. The molecule has 0 heterocycles. The van der Waals surface area contributed by atoms with E-state index in [4.69, 9.17) is 18.0 Å².